The Morgan fingerprint density at radius 1 is 1.42 bits per heavy atom. The minimum atomic E-state index is -1.21. The summed E-state index contributed by atoms with van der Waals surface area (Å²) >= 11 is 5.10. The molecule has 2 atom stereocenters. The number of carbonyl (C=O) groups excluding carboxylic acids is 2. The topological polar surface area (TPSA) is 184 Å². The molecule has 4 heterocycles. The molecule has 0 aliphatic carbocycles. The van der Waals surface area contributed by atoms with Crippen LogP contribution in [0.3, 0.4) is 0 Å². The number of hydrogen-bond acceptors (Lipinski definition) is 13. The highest BCUT2D eigenvalue weighted by molar-refractivity contribution is 8.06. The summed E-state index contributed by atoms with van der Waals surface area (Å²) in [5.41, 5.74) is 5.17. The number of aliphatic carboxylic acids is 1. The molecular formula is C17H17N7O5S4. The lowest BCUT2D eigenvalue weighted by Gasteiger charge is -2.49. The van der Waals surface area contributed by atoms with Crippen molar-refractivity contribution in [2.75, 3.05) is 17.2 Å². The van der Waals surface area contributed by atoms with Gasteiger partial charge in [-0.3, -0.25) is 14.5 Å². The standard InChI is InChI=1S/C17H17N7O5S4/c1-6-19-9(33-23-6)2-3-30-8-5-31-15-11(14(26)24(15)12(8)16(27)28)21-13(25)10(22-29)7-4-32-17(18)20-7/h4,11,15,29H,2-3,5H2,1H3,(H2,18,20)(H,21,25)(H,27,28)/b22-10-/t11-,15-/m1/s1. The third-order valence-corrected chi connectivity index (χ3v) is 8.76. The zero-order chi connectivity index (χ0) is 23.7. The fourth-order valence-corrected chi connectivity index (χ4v) is 7.14. The van der Waals surface area contributed by atoms with Gasteiger partial charge in [-0.25, -0.2) is 14.8 Å². The van der Waals surface area contributed by atoms with E-state index in [-0.39, 0.29) is 22.2 Å². The Balaban J connectivity index is 1.43. The number of carboxylic acids is 1. The fourth-order valence-electron chi connectivity index (χ4n) is 3.22. The highest BCUT2D eigenvalue weighted by Gasteiger charge is 2.54. The lowest BCUT2D eigenvalue weighted by Crippen LogP contribution is -2.71. The van der Waals surface area contributed by atoms with E-state index in [4.69, 9.17) is 5.73 Å². The maximum absolute atomic E-state index is 12.8. The van der Waals surface area contributed by atoms with Gasteiger partial charge in [-0.1, -0.05) is 5.16 Å². The number of nitrogens with zero attached hydrogens (tertiary/aromatic N) is 5. The number of thiazole rings is 1. The summed E-state index contributed by atoms with van der Waals surface area (Å²) in [6.07, 6.45) is 0.637. The fraction of sp³-hybridized carbons (Fsp3) is 0.353. The number of hydrogen-bond donors (Lipinski definition) is 4. The molecule has 2 aromatic heterocycles. The number of aromatic nitrogens is 3. The number of thioether (sulfide) groups is 2. The molecule has 2 amide bonds. The number of β-lactam (4-membered cyclic amide) rings is 1. The highest BCUT2D eigenvalue weighted by Crippen LogP contribution is 2.43. The van der Waals surface area contributed by atoms with Crippen molar-refractivity contribution in [3.8, 4) is 0 Å². The number of oxime groups is 1. The summed E-state index contributed by atoms with van der Waals surface area (Å²) < 4.78 is 4.13. The van der Waals surface area contributed by atoms with Gasteiger partial charge in [0.1, 0.15) is 33.6 Å². The Bertz CT molecular complexity index is 1180. The summed E-state index contributed by atoms with van der Waals surface area (Å²) in [6.45, 7) is 1.81. The minimum absolute atomic E-state index is 0.0731. The van der Waals surface area contributed by atoms with E-state index >= 15 is 0 Å². The molecule has 0 unspecified atom stereocenters. The van der Waals surface area contributed by atoms with Gasteiger partial charge in [0.15, 0.2) is 10.8 Å². The summed E-state index contributed by atoms with van der Waals surface area (Å²) in [6, 6.07) is -0.958. The maximum Gasteiger partial charge on any atom is 0.353 e. The van der Waals surface area contributed by atoms with Gasteiger partial charge in [0.05, 0.1) is 0 Å². The lowest BCUT2D eigenvalue weighted by atomic mass is 10.0. The zero-order valence-electron chi connectivity index (χ0n) is 16.9. The first-order valence-electron chi connectivity index (χ1n) is 9.37. The molecule has 12 nitrogen and oxygen atoms in total. The van der Waals surface area contributed by atoms with Crippen molar-refractivity contribution in [2.45, 2.75) is 24.8 Å². The van der Waals surface area contributed by atoms with Crippen LogP contribution in [0.2, 0.25) is 0 Å². The lowest BCUT2D eigenvalue weighted by molar-refractivity contribution is -0.150. The van der Waals surface area contributed by atoms with Crippen LogP contribution in [0.1, 0.15) is 16.5 Å². The molecule has 0 saturated carbocycles. The Hall–Kier alpha value is -2.69. The van der Waals surface area contributed by atoms with Crippen molar-refractivity contribution >= 4 is 75.0 Å². The number of aryl methyl sites for hydroxylation is 2. The quantitative estimate of drug-likeness (QED) is 0.164. The van der Waals surface area contributed by atoms with Crippen LogP contribution in [-0.4, -0.2) is 76.0 Å². The average Bonchev–Trinajstić information content (AvgIpc) is 3.39. The number of nitrogen functional groups attached to an aromatic ring is 1. The Kier molecular flexibility index (Phi) is 6.87. The molecule has 16 heteroatoms. The third-order valence-electron chi connectivity index (χ3n) is 4.66. The largest absolute Gasteiger partial charge is 0.477 e. The molecule has 5 N–H and O–H groups in total. The first kappa shape index (κ1) is 23.5. The van der Waals surface area contributed by atoms with Crippen molar-refractivity contribution < 1.29 is 24.7 Å². The van der Waals surface area contributed by atoms with Crippen molar-refractivity contribution in [2.24, 2.45) is 5.16 Å². The summed E-state index contributed by atoms with van der Waals surface area (Å²) in [4.78, 5) is 47.3. The normalized spacial score (nSPS) is 20.5. The van der Waals surface area contributed by atoms with E-state index < -0.39 is 29.2 Å². The third kappa shape index (κ3) is 4.68. The van der Waals surface area contributed by atoms with Crippen molar-refractivity contribution in [1.82, 2.24) is 24.6 Å². The Morgan fingerprint density at radius 3 is 2.82 bits per heavy atom. The van der Waals surface area contributed by atoms with Crippen LogP contribution in [0.25, 0.3) is 0 Å². The molecule has 174 valence electrons. The number of carboxylic acid groups (broad SMARTS) is 1. The summed E-state index contributed by atoms with van der Waals surface area (Å²) in [7, 11) is 0. The molecule has 0 bridgehead atoms. The molecule has 2 aromatic rings. The van der Waals surface area contributed by atoms with Crippen molar-refractivity contribution in [1.29, 1.82) is 0 Å². The van der Waals surface area contributed by atoms with Crippen LogP contribution < -0.4 is 11.1 Å². The highest BCUT2D eigenvalue weighted by atomic mass is 32.2. The van der Waals surface area contributed by atoms with E-state index in [1.54, 1.807) is 0 Å². The van der Waals surface area contributed by atoms with Gasteiger partial charge in [-0.15, -0.1) is 34.9 Å². The van der Waals surface area contributed by atoms with Crippen LogP contribution in [0.5, 0.6) is 0 Å². The van der Waals surface area contributed by atoms with Crippen LogP contribution >= 0.6 is 46.4 Å². The van der Waals surface area contributed by atoms with Crippen molar-refractivity contribution in [3.05, 3.63) is 32.5 Å². The van der Waals surface area contributed by atoms with Gasteiger partial charge in [-0.05, 0) is 18.5 Å². The van der Waals surface area contributed by atoms with E-state index in [0.29, 0.717) is 28.7 Å². The van der Waals surface area contributed by atoms with Gasteiger partial charge in [0.25, 0.3) is 11.8 Å². The minimum Gasteiger partial charge on any atom is -0.477 e. The number of fused-ring (bicyclic) bond motifs is 1. The molecule has 0 spiro atoms. The number of rotatable bonds is 8. The molecular weight excluding hydrogens is 510 g/mol. The van der Waals surface area contributed by atoms with E-state index in [1.165, 1.54) is 45.3 Å². The zero-order valence-corrected chi connectivity index (χ0v) is 20.2. The second-order valence-electron chi connectivity index (χ2n) is 6.79. The first-order chi connectivity index (χ1) is 15.8. The molecule has 1 saturated heterocycles. The van der Waals surface area contributed by atoms with Crippen LogP contribution in [0.15, 0.2) is 21.1 Å². The molecule has 4 rings (SSSR count). The molecule has 2 aliphatic heterocycles. The monoisotopic (exact) mass is 527 g/mol. The van der Waals surface area contributed by atoms with Crippen molar-refractivity contribution in [3.63, 3.8) is 0 Å². The van der Waals surface area contributed by atoms with E-state index in [1.807, 2.05) is 6.92 Å². The summed E-state index contributed by atoms with van der Waals surface area (Å²) in [5.74, 6) is -0.884. The molecule has 33 heavy (non-hydrogen) atoms. The smallest absolute Gasteiger partial charge is 0.353 e. The Labute approximate surface area is 203 Å². The number of anilines is 1. The maximum atomic E-state index is 12.8. The SMILES string of the molecule is Cc1nsc(CCSC2=C(C(=O)O)N3C(=O)[C@@H](NC(=O)/C(=N\O)c4csc(N)n4)[C@H]3SC2)n1. The number of carbonyl (C=O) groups is 3. The van der Waals surface area contributed by atoms with Crippen LogP contribution in [-0.2, 0) is 20.8 Å². The van der Waals surface area contributed by atoms with Gasteiger partial charge >= 0.3 is 5.97 Å². The van der Waals surface area contributed by atoms with Gasteiger partial charge in [0, 0.05) is 28.2 Å². The van der Waals surface area contributed by atoms with Crippen LogP contribution in [0, 0.1) is 6.92 Å². The number of nitrogens with one attached hydrogen (secondary N) is 1. The van der Waals surface area contributed by atoms with Gasteiger partial charge < -0.3 is 21.4 Å². The predicted octanol–water partition coefficient (Wildman–Crippen LogP) is 0.736. The Morgan fingerprint density at radius 2 is 2.21 bits per heavy atom. The van der Waals surface area contributed by atoms with E-state index in [0.717, 1.165) is 16.3 Å². The van der Waals surface area contributed by atoms with E-state index in [2.05, 4.69) is 24.8 Å². The average molecular weight is 528 g/mol. The molecule has 0 radical (unpaired) electrons. The second-order valence-corrected chi connectivity index (χ2v) is 10.8. The first-order valence-corrected chi connectivity index (χ1v) is 13.1. The molecule has 2 aliphatic rings. The summed E-state index contributed by atoms with van der Waals surface area (Å²) in [5, 5.41) is 26.4. The molecule has 0 aromatic carbocycles. The van der Waals surface area contributed by atoms with E-state index in [9.17, 15) is 24.7 Å². The number of nitrogens with two attached hydrogens (primary N) is 1. The van der Waals surface area contributed by atoms with Gasteiger partial charge in [-0.2, -0.15) is 4.37 Å². The van der Waals surface area contributed by atoms with Crippen LogP contribution in [0.4, 0.5) is 5.13 Å². The van der Waals surface area contributed by atoms with Gasteiger partial charge in [0.2, 0.25) is 0 Å². The molecule has 1 fully saturated rings. The second kappa shape index (κ2) is 9.66. The predicted molar refractivity (Wildman–Crippen MR) is 125 cm³/mol. The number of amides is 2.